The normalized spacial score (nSPS) is 10.5. The third kappa shape index (κ3) is 4.82. The van der Waals surface area contributed by atoms with Crippen molar-refractivity contribution in [1.29, 1.82) is 0 Å². The SMILES string of the molecule is CN(C)CCCCNC(=O)c1ccncc1N. The van der Waals surface area contributed by atoms with Crippen molar-refractivity contribution in [2.75, 3.05) is 32.9 Å². The quantitative estimate of drug-likeness (QED) is 0.714. The molecule has 0 radical (unpaired) electrons. The minimum absolute atomic E-state index is 0.130. The van der Waals surface area contributed by atoms with Gasteiger partial charge in [-0.15, -0.1) is 0 Å². The Morgan fingerprint density at radius 2 is 2.24 bits per heavy atom. The van der Waals surface area contributed by atoms with Gasteiger partial charge >= 0.3 is 0 Å². The first-order valence-corrected chi connectivity index (χ1v) is 5.73. The Balaban J connectivity index is 2.29. The fraction of sp³-hybridized carbons (Fsp3) is 0.500. The summed E-state index contributed by atoms with van der Waals surface area (Å²) in [6.07, 6.45) is 5.09. The van der Waals surface area contributed by atoms with E-state index in [1.165, 1.54) is 6.20 Å². The molecule has 0 saturated carbocycles. The van der Waals surface area contributed by atoms with Crippen molar-refractivity contribution in [2.24, 2.45) is 0 Å². The lowest BCUT2D eigenvalue weighted by Crippen LogP contribution is -2.26. The zero-order valence-corrected chi connectivity index (χ0v) is 10.4. The van der Waals surface area contributed by atoms with E-state index in [9.17, 15) is 4.79 Å². The van der Waals surface area contributed by atoms with Crippen molar-refractivity contribution < 1.29 is 4.79 Å². The fourth-order valence-electron chi connectivity index (χ4n) is 1.46. The van der Waals surface area contributed by atoms with Gasteiger partial charge in [0.05, 0.1) is 17.4 Å². The van der Waals surface area contributed by atoms with Crippen molar-refractivity contribution >= 4 is 11.6 Å². The maximum atomic E-state index is 11.7. The number of aromatic nitrogens is 1. The summed E-state index contributed by atoms with van der Waals surface area (Å²) in [6, 6.07) is 1.63. The highest BCUT2D eigenvalue weighted by molar-refractivity contribution is 5.98. The number of pyridine rings is 1. The molecule has 5 nitrogen and oxygen atoms in total. The van der Waals surface area contributed by atoms with Gasteiger partial charge in [0.1, 0.15) is 0 Å². The molecule has 94 valence electrons. The molecule has 0 aliphatic rings. The molecule has 1 amide bonds. The van der Waals surface area contributed by atoms with E-state index in [2.05, 4.69) is 15.2 Å². The van der Waals surface area contributed by atoms with Gasteiger partial charge in [0, 0.05) is 12.7 Å². The zero-order valence-electron chi connectivity index (χ0n) is 10.4. The summed E-state index contributed by atoms with van der Waals surface area (Å²) in [4.78, 5) is 17.7. The second-order valence-corrected chi connectivity index (χ2v) is 4.23. The van der Waals surface area contributed by atoms with Crippen molar-refractivity contribution in [1.82, 2.24) is 15.2 Å². The number of nitrogens with one attached hydrogen (secondary N) is 1. The maximum absolute atomic E-state index is 11.7. The Labute approximate surface area is 102 Å². The van der Waals surface area contributed by atoms with Crippen molar-refractivity contribution in [2.45, 2.75) is 12.8 Å². The van der Waals surface area contributed by atoms with Gasteiger partial charge in [0.15, 0.2) is 0 Å². The average Bonchev–Trinajstić information content (AvgIpc) is 2.28. The smallest absolute Gasteiger partial charge is 0.253 e. The molecule has 1 aromatic rings. The summed E-state index contributed by atoms with van der Waals surface area (Å²) in [5, 5.41) is 2.85. The highest BCUT2D eigenvalue weighted by atomic mass is 16.1. The molecular formula is C12H20N4O. The van der Waals surface area contributed by atoms with E-state index in [1.54, 1.807) is 12.3 Å². The molecular weight excluding hydrogens is 216 g/mol. The minimum atomic E-state index is -0.130. The van der Waals surface area contributed by atoms with E-state index in [4.69, 9.17) is 5.73 Å². The molecule has 17 heavy (non-hydrogen) atoms. The number of nitrogens with zero attached hydrogens (tertiary/aromatic N) is 2. The van der Waals surface area contributed by atoms with Crippen LogP contribution in [0.4, 0.5) is 5.69 Å². The average molecular weight is 236 g/mol. The second kappa shape index (κ2) is 6.85. The van der Waals surface area contributed by atoms with Crippen LogP contribution >= 0.6 is 0 Å². The van der Waals surface area contributed by atoms with E-state index < -0.39 is 0 Å². The lowest BCUT2D eigenvalue weighted by atomic mass is 10.2. The molecule has 0 aliphatic heterocycles. The van der Waals surface area contributed by atoms with E-state index in [1.807, 2.05) is 14.1 Å². The number of nitrogen functional groups attached to an aromatic ring is 1. The summed E-state index contributed by atoms with van der Waals surface area (Å²) in [7, 11) is 4.08. The van der Waals surface area contributed by atoms with Crippen molar-refractivity contribution in [3.05, 3.63) is 24.0 Å². The van der Waals surface area contributed by atoms with Gasteiger partial charge in [-0.05, 0) is 39.5 Å². The Morgan fingerprint density at radius 1 is 1.47 bits per heavy atom. The first kappa shape index (κ1) is 13.4. The van der Waals surface area contributed by atoms with Crippen LogP contribution in [0, 0.1) is 0 Å². The van der Waals surface area contributed by atoms with Crippen molar-refractivity contribution in [3.8, 4) is 0 Å². The van der Waals surface area contributed by atoms with Crippen LogP contribution in [-0.2, 0) is 0 Å². The summed E-state index contributed by atoms with van der Waals surface area (Å²) in [5.74, 6) is -0.130. The number of anilines is 1. The van der Waals surface area contributed by atoms with E-state index in [0.717, 1.165) is 19.4 Å². The first-order chi connectivity index (χ1) is 8.11. The molecule has 0 unspecified atom stereocenters. The van der Waals surface area contributed by atoms with Crippen LogP contribution in [-0.4, -0.2) is 43.0 Å². The highest BCUT2D eigenvalue weighted by Gasteiger charge is 2.07. The summed E-state index contributed by atoms with van der Waals surface area (Å²) >= 11 is 0. The number of hydrogen-bond acceptors (Lipinski definition) is 4. The van der Waals surface area contributed by atoms with Crippen LogP contribution in [0.3, 0.4) is 0 Å². The predicted molar refractivity (Wildman–Crippen MR) is 68.8 cm³/mol. The van der Waals surface area contributed by atoms with Gasteiger partial charge in [0.25, 0.3) is 5.91 Å². The lowest BCUT2D eigenvalue weighted by Gasteiger charge is -2.10. The van der Waals surface area contributed by atoms with E-state index >= 15 is 0 Å². The molecule has 1 aromatic heterocycles. The number of nitrogens with two attached hydrogens (primary N) is 1. The topological polar surface area (TPSA) is 71.2 Å². The van der Waals surface area contributed by atoms with Crippen LogP contribution in [0.25, 0.3) is 0 Å². The number of rotatable bonds is 6. The van der Waals surface area contributed by atoms with Gasteiger partial charge in [-0.1, -0.05) is 0 Å². The van der Waals surface area contributed by atoms with Crippen molar-refractivity contribution in [3.63, 3.8) is 0 Å². The number of amides is 1. The minimum Gasteiger partial charge on any atom is -0.397 e. The first-order valence-electron chi connectivity index (χ1n) is 5.73. The van der Waals surface area contributed by atoms with Crippen LogP contribution in [0.2, 0.25) is 0 Å². The third-order valence-electron chi connectivity index (χ3n) is 2.41. The van der Waals surface area contributed by atoms with Crippen LogP contribution in [0.15, 0.2) is 18.5 Å². The maximum Gasteiger partial charge on any atom is 0.253 e. The summed E-state index contributed by atoms with van der Waals surface area (Å²) < 4.78 is 0. The molecule has 0 saturated heterocycles. The predicted octanol–water partition coefficient (Wildman–Crippen LogP) is 0.735. The third-order valence-corrected chi connectivity index (χ3v) is 2.41. The summed E-state index contributed by atoms with van der Waals surface area (Å²) in [5.41, 5.74) is 6.57. The lowest BCUT2D eigenvalue weighted by molar-refractivity contribution is 0.0953. The number of hydrogen-bond donors (Lipinski definition) is 2. The molecule has 0 aliphatic carbocycles. The molecule has 0 spiro atoms. The van der Waals surface area contributed by atoms with Crippen LogP contribution < -0.4 is 11.1 Å². The molecule has 0 aromatic carbocycles. The zero-order chi connectivity index (χ0) is 12.7. The second-order valence-electron chi connectivity index (χ2n) is 4.23. The standard InChI is InChI=1S/C12H20N4O/c1-16(2)8-4-3-6-15-12(17)10-5-7-14-9-11(10)13/h5,7,9H,3-4,6,8,13H2,1-2H3,(H,15,17). The van der Waals surface area contributed by atoms with Gasteiger partial charge in [-0.25, -0.2) is 0 Å². The van der Waals surface area contributed by atoms with Gasteiger partial charge in [0.2, 0.25) is 0 Å². The Hall–Kier alpha value is -1.62. The monoisotopic (exact) mass is 236 g/mol. The number of unbranched alkanes of at least 4 members (excludes halogenated alkanes) is 1. The summed E-state index contributed by atoms with van der Waals surface area (Å²) in [6.45, 7) is 1.71. The van der Waals surface area contributed by atoms with Gasteiger partial charge in [-0.3, -0.25) is 9.78 Å². The van der Waals surface area contributed by atoms with Crippen LogP contribution in [0.1, 0.15) is 23.2 Å². The molecule has 0 bridgehead atoms. The Kier molecular flexibility index (Phi) is 5.42. The fourth-order valence-corrected chi connectivity index (χ4v) is 1.46. The highest BCUT2D eigenvalue weighted by Crippen LogP contribution is 2.07. The van der Waals surface area contributed by atoms with E-state index in [0.29, 0.717) is 17.8 Å². The Morgan fingerprint density at radius 3 is 2.88 bits per heavy atom. The molecule has 0 atom stereocenters. The van der Waals surface area contributed by atoms with Gasteiger partial charge < -0.3 is 16.0 Å². The van der Waals surface area contributed by atoms with Crippen LogP contribution in [0.5, 0.6) is 0 Å². The molecule has 5 heteroatoms. The molecule has 0 fully saturated rings. The van der Waals surface area contributed by atoms with Gasteiger partial charge in [-0.2, -0.15) is 0 Å². The van der Waals surface area contributed by atoms with E-state index in [-0.39, 0.29) is 5.91 Å². The molecule has 1 heterocycles. The largest absolute Gasteiger partial charge is 0.397 e. The molecule has 3 N–H and O–H groups in total. The number of carbonyl (C=O) groups excluding carboxylic acids is 1. The Bertz CT molecular complexity index is 365. The number of carbonyl (C=O) groups is 1. The molecule has 1 rings (SSSR count).